The summed E-state index contributed by atoms with van der Waals surface area (Å²) in [5.41, 5.74) is 0.162. The summed E-state index contributed by atoms with van der Waals surface area (Å²) in [6.45, 7) is 7.60. The molecule has 0 spiro atoms. The molecular formula is C14H20BNO4. The van der Waals surface area contributed by atoms with Crippen molar-refractivity contribution in [1.29, 1.82) is 0 Å². The maximum absolute atomic E-state index is 11.3. The first-order valence-corrected chi connectivity index (χ1v) is 6.61. The molecule has 6 heteroatoms. The molecule has 0 radical (unpaired) electrons. The normalized spacial score (nSPS) is 21.2. The van der Waals surface area contributed by atoms with Crippen molar-refractivity contribution < 1.29 is 14.4 Å². The summed E-state index contributed by atoms with van der Waals surface area (Å²) in [6.07, 6.45) is 3.25. The number of hydrogen-bond acceptors (Lipinski definition) is 4. The van der Waals surface area contributed by atoms with Crippen molar-refractivity contribution in [3.8, 4) is 0 Å². The van der Waals surface area contributed by atoms with Gasteiger partial charge in [0.15, 0.2) is 5.43 Å². The van der Waals surface area contributed by atoms with E-state index in [-0.39, 0.29) is 12.0 Å². The van der Waals surface area contributed by atoms with Gasteiger partial charge in [-0.2, -0.15) is 0 Å². The molecule has 1 saturated heterocycles. The second kappa shape index (κ2) is 5.20. The topological polar surface area (TPSA) is 71.6 Å². The number of nitrogens with one attached hydrogen (secondary N) is 1. The van der Waals surface area contributed by atoms with Crippen molar-refractivity contribution in [2.75, 3.05) is 6.61 Å². The second-order valence-electron chi connectivity index (χ2n) is 5.95. The molecule has 1 aliphatic heterocycles. The van der Waals surface area contributed by atoms with E-state index >= 15 is 0 Å². The molecule has 1 fully saturated rings. The van der Waals surface area contributed by atoms with Gasteiger partial charge in [0.2, 0.25) is 0 Å². The van der Waals surface area contributed by atoms with Crippen LogP contribution in [-0.4, -0.2) is 35.0 Å². The van der Waals surface area contributed by atoms with E-state index in [9.17, 15) is 9.90 Å². The molecule has 1 aromatic rings. The Hall–Kier alpha value is -1.37. The van der Waals surface area contributed by atoms with Gasteiger partial charge in [-0.1, -0.05) is 0 Å². The SMILES string of the molecule is CC1(C)OB(C(=Cc2cc(=O)cc[nH]2)CO)OC1(C)C. The van der Waals surface area contributed by atoms with Crippen LogP contribution in [0, 0.1) is 0 Å². The molecule has 1 aliphatic rings. The molecule has 0 amide bonds. The molecule has 2 N–H and O–H groups in total. The third kappa shape index (κ3) is 2.87. The second-order valence-corrected chi connectivity index (χ2v) is 5.95. The van der Waals surface area contributed by atoms with Gasteiger partial charge in [0.25, 0.3) is 0 Å². The quantitative estimate of drug-likeness (QED) is 0.819. The third-order valence-electron chi connectivity index (χ3n) is 3.87. The number of aliphatic hydroxyl groups is 1. The summed E-state index contributed by atoms with van der Waals surface area (Å²) < 4.78 is 11.8. The van der Waals surface area contributed by atoms with Gasteiger partial charge < -0.3 is 19.4 Å². The van der Waals surface area contributed by atoms with Gasteiger partial charge in [0.1, 0.15) is 0 Å². The van der Waals surface area contributed by atoms with Crippen LogP contribution < -0.4 is 5.43 Å². The number of aromatic amines is 1. The van der Waals surface area contributed by atoms with E-state index in [1.807, 2.05) is 27.7 Å². The highest BCUT2D eigenvalue weighted by Gasteiger charge is 2.52. The zero-order valence-corrected chi connectivity index (χ0v) is 12.3. The number of rotatable bonds is 3. The number of H-pyrrole nitrogens is 1. The molecule has 0 saturated carbocycles. The van der Waals surface area contributed by atoms with Crippen molar-refractivity contribution in [3.63, 3.8) is 0 Å². The van der Waals surface area contributed by atoms with Gasteiger partial charge in [-0.25, -0.2) is 0 Å². The fourth-order valence-electron chi connectivity index (χ4n) is 1.93. The average Bonchev–Trinajstić information content (AvgIpc) is 2.55. The zero-order chi connectivity index (χ0) is 15.0. The minimum atomic E-state index is -0.617. The maximum Gasteiger partial charge on any atom is 0.492 e. The van der Waals surface area contributed by atoms with Crippen molar-refractivity contribution in [2.45, 2.75) is 38.9 Å². The average molecular weight is 277 g/mol. The van der Waals surface area contributed by atoms with Gasteiger partial charge in [-0.15, -0.1) is 0 Å². The lowest BCUT2D eigenvalue weighted by Gasteiger charge is -2.32. The maximum atomic E-state index is 11.3. The van der Waals surface area contributed by atoms with Crippen molar-refractivity contribution in [3.05, 3.63) is 39.7 Å². The van der Waals surface area contributed by atoms with Crippen LogP contribution in [0.4, 0.5) is 0 Å². The fraction of sp³-hybridized carbons (Fsp3) is 0.500. The third-order valence-corrected chi connectivity index (χ3v) is 3.87. The first-order chi connectivity index (χ1) is 9.25. The molecule has 2 rings (SSSR count). The first-order valence-electron chi connectivity index (χ1n) is 6.61. The summed E-state index contributed by atoms with van der Waals surface area (Å²) in [4.78, 5) is 14.3. The van der Waals surface area contributed by atoms with Crippen LogP contribution in [0.15, 0.2) is 28.6 Å². The Bertz CT molecular complexity index is 561. The van der Waals surface area contributed by atoms with Gasteiger partial charge >= 0.3 is 7.12 Å². The van der Waals surface area contributed by atoms with Crippen molar-refractivity contribution in [2.24, 2.45) is 0 Å². The van der Waals surface area contributed by atoms with E-state index in [2.05, 4.69) is 4.98 Å². The first kappa shape index (κ1) is 15.0. The van der Waals surface area contributed by atoms with Crippen LogP contribution >= 0.6 is 0 Å². The monoisotopic (exact) mass is 277 g/mol. The van der Waals surface area contributed by atoms with Crippen LogP contribution in [0.25, 0.3) is 6.08 Å². The van der Waals surface area contributed by atoms with Crippen LogP contribution in [-0.2, 0) is 9.31 Å². The van der Waals surface area contributed by atoms with Gasteiger partial charge in [0.05, 0.1) is 17.8 Å². The van der Waals surface area contributed by atoms with E-state index in [0.717, 1.165) is 0 Å². The zero-order valence-electron chi connectivity index (χ0n) is 12.3. The van der Waals surface area contributed by atoms with Gasteiger partial charge in [-0.3, -0.25) is 4.79 Å². The lowest BCUT2D eigenvalue weighted by atomic mass is 9.78. The van der Waals surface area contributed by atoms with E-state index in [1.165, 1.54) is 12.1 Å². The molecule has 0 unspecified atom stereocenters. The fourth-order valence-corrected chi connectivity index (χ4v) is 1.93. The largest absolute Gasteiger partial charge is 0.492 e. The number of hydrogen-bond donors (Lipinski definition) is 2. The minimum Gasteiger partial charge on any atom is -0.400 e. The van der Waals surface area contributed by atoms with Crippen LogP contribution in [0.5, 0.6) is 0 Å². The molecule has 0 aliphatic carbocycles. The Morgan fingerprint density at radius 2 is 1.95 bits per heavy atom. The molecule has 2 heterocycles. The standard InChI is InChI=1S/C14H20BNO4/c1-13(2)14(3,4)20-15(19-13)10(9-17)7-11-8-12(18)5-6-16-11/h5-8,17H,9H2,1-4H3,(H,16,18). The Morgan fingerprint density at radius 1 is 1.35 bits per heavy atom. The Labute approximate surface area is 118 Å². The highest BCUT2D eigenvalue weighted by Crippen LogP contribution is 2.38. The van der Waals surface area contributed by atoms with Gasteiger partial charge in [-0.05, 0) is 39.2 Å². The van der Waals surface area contributed by atoms with E-state index in [0.29, 0.717) is 11.2 Å². The van der Waals surface area contributed by atoms with Gasteiger partial charge in [0, 0.05) is 24.0 Å². The summed E-state index contributed by atoms with van der Waals surface area (Å²) in [5, 5.41) is 9.54. The Balaban J connectivity index is 2.29. The Morgan fingerprint density at radius 3 is 2.45 bits per heavy atom. The molecule has 0 aromatic carbocycles. The molecule has 108 valence electrons. The summed E-state index contributed by atoms with van der Waals surface area (Å²) in [6, 6.07) is 2.89. The number of aliphatic hydroxyl groups excluding tert-OH is 1. The van der Waals surface area contributed by atoms with Crippen LogP contribution in [0.3, 0.4) is 0 Å². The molecule has 5 nitrogen and oxygen atoms in total. The van der Waals surface area contributed by atoms with Crippen LogP contribution in [0.1, 0.15) is 33.4 Å². The molecule has 0 atom stereocenters. The van der Waals surface area contributed by atoms with E-state index in [1.54, 1.807) is 12.3 Å². The van der Waals surface area contributed by atoms with Crippen molar-refractivity contribution >= 4 is 13.2 Å². The van der Waals surface area contributed by atoms with E-state index < -0.39 is 18.3 Å². The van der Waals surface area contributed by atoms with E-state index in [4.69, 9.17) is 9.31 Å². The molecule has 0 bridgehead atoms. The number of aromatic nitrogens is 1. The molecule has 1 aromatic heterocycles. The minimum absolute atomic E-state index is 0.0961. The lowest BCUT2D eigenvalue weighted by molar-refractivity contribution is 0.00578. The smallest absolute Gasteiger partial charge is 0.400 e. The molecular weight excluding hydrogens is 257 g/mol. The van der Waals surface area contributed by atoms with Crippen LogP contribution in [0.2, 0.25) is 0 Å². The predicted molar refractivity (Wildman–Crippen MR) is 78.2 cm³/mol. The highest BCUT2D eigenvalue weighted by molar-refractivity contribution is 6.55. The number of pyridine rings is 1. The predicted octanol–water partition coefficient (Wildman–Crippen LogP) is 1.38. The highest BCUT2D eigenvalue weighted by atomic mass is 16.7. The summed E-state index contributed by atoms with van der Waals surface area (Å²) in [5.74, 6) is 0. The lowest BCUT2D eigenvalue weighted by Crippen LogP contribution is -2.41. The Kier molecular flexibility index (Phi) is 3.91. The van der Waals surface area contributed by atoms with Crippen molar-refractivity contribution in [1.82, 2.24) is 4.98 Å². The molecule has 20 heavy (non-hydrogen) atoms. The summed E-state index contributed by atoms with van der Waals surface area (Å²) >= 11 is 0. The summed E-state index contributed by atoms with van der Waals surface area (Å²) in [7, 11) is -0.617.